The first-order chi connectivity index (χ1) is 13.8. The Morgan fingerprint density at radius 3 is 2.48 bits per heavy atom. The fourth-order valence-corrected chi connectivity index (χ4v) is 3.70. The summed E-state index contributed by atoms with van der Waals surface area (Å²) in [6.07, 6.45) is 13.3. The summed E-state index contributed by atoms with van der Waals surface area (Å²) in [5.74, 6) is -0.0458. The molecule has 4 nitrogen and oxygen atoms in total. The van der Waals surface area contributed by atoms with Crippen molar-refractivity contribution in [3.63, 3.8) is 0 Å². The normalized spacial score (nSPS) is 16.9. The number of carbonyl (C=O) groups is 1. The largest absolute Gasteiger partial charge is 0.421 e. The minimum absolute atomic E-state index is 0.0453. The van der Waals surface area contributed by atoms with E-state index >= 15 is 0 Å². The molecule has 29 heavy (non-hydrogen) atoms. The van der Waals surface area contributed by atoms with Crippen LogP contribution in [0.3, 0.4) is 0 Å². The predicted molar refractivity (Wildman–Crippen MR) is 117 cm³/mol. The zero-order valence-corrected chi connectivity index (χ0v) is 17.6. The fraction of sp³-hybridized carbons (Fsp3) is 0.320. The van der Waals surface area contributed by atoms with Gasteiger partial charge in [-0.25, -0.2) is 14.8 Å². The number of aromatic nitrogens is 2. The van der Waals surface area contributed by atoms with E-state index in [0.717, 1.165) is 11.1 Å². The highest BCUT2D eigenvalue weighted by Crippen LogP contribution is 2.40. The van der Waals surface area contributed by atoms with E-state index < -0.39 is 5.97 Å². The van der Waals surface area contributed by atoms with Gasteiger partial charge in [-0.15, -0.1) is 0 Å². The van der Waals surface area contributed by atoms with Crippen LogP contribution in [0.4, 0.5) is 0 Å². The summed E-state index contributed by atoms with van der Waals surface area (Å²) in [6.45, 7) is 8.92. The minimum atomic E-state index is -0.565. The molecule has 0 N–H and O–H groups in total. The van der Waals surface area contributed by atoms with Crippen molar-refractivity contribution in [1.29, 1.82) is 0 Å². The average molecular weight is 389 g/mol. The van der Waals surface area contributed by atoms with E-state index in [1.807, 2.05) is 12.1 Å². The molecular formula is C25H28N2O2. The minimum Gasteiger partial charge on any atom is -0.421 e. The van der Waals surface area contributed by atoms with Gasteiger partial charge in [0.15, 0.2) is 0 Å². The van der Waals surface area contributed by atoms with E-state index in [9.17, 15) is 4.79 Å². The summed E-state index contributed by atoms with van der Waals surface area (Å²) in [7, 11) is 0. The van der Waals surface area contributed by atoms with Crippen LogP contribution in [0.5, 0.6) is 5.75 Å². The van der Waals surface area contributed by atoms with Gasteiger partial charge in [0.05, 0.1) is 0 Å². The van der Waals surface area contributed by atoms with Gasteiger partial charge in [0.1, 0.15) is 5.75 Å². The van der Waals surface area contributed by atoms with Gasteiger partial charge in [-0.2, -0.15) is 0 Å². The van der Waals surface area contributed by atoms with Gasteiger partial charge >= 0.3 is 5.97 Å². The molecular weight excluding hydrogens is 360 g/mol. The molecule has 1 aromatic carbocycles. The van der Waals surface area contributed by atoms with Crippen LogP contribution in [0.1, 0.15) is 63.1 Å². The Labute approximate surface area is 173 Å². The Kier molecular flexibility index (Phi) is 6.42. The van der Waals surface area contributed by atoms with E-state index in [2.05, 4.69) is 49.8 Å². The number of hydrogen-bond acceptors (Lipinski definition) is 4. The SMILES string of the molecule is CC(C=CC1=C(C)CCCC1(C)C)=Cc1cnc(C(=O)Oc2ccccc2)nc1. The molecule has 2 aromatic rings. The smallest absolute Gasteiger partial charge is 0.381 e. The van der Waals surface area contributed by atoms with Crippen LogP contribution in [0.2, 0.25) is 0 Å². The maximum atomic E-state index is 12.1. The molecule has 0 atom stereocenters. The molecule has 0 bridgehead atoms. The summed E-state index contributed by atoms with van der Waals surface area (Å²) >= 11 is 0. The molecule has 0 amide bonds. The second kappa shape index (κ2) is 8.99. The van der Waals surface area contributed by atoms with Gasteiger partial charge in [-0.1, -0.05) is 55.3 Å². The topological polar surface area (TPSA) is 52.1 Å². The molecule has 3 rings (SSSR count). The molecule has 1 aromatic heterocycles. The molecule has 4 heteroatoms. The molecule has 1 heterocycles. The fourth-order valence-electron chi connectivity index (χ4n) is 3.70. The van der Waals surface area contributed by atoms with Gasteiger partial charge in [-0.05, 0) is 62.3 Å². The molecule has 1 aliphatic carbocycles. The highest BCUT2D eigenvalue weighted by Gasteiger charge is 2.26. The summed E-state index contributed by atoms with van der Waals surface area (Å²) in [5.41, 5.74) is 5.09. The van der Waals surface area contributed by atoms with Crippen molar-refractivity contribution in [3.8, 4) is 5.75 Å². The number of ether oxygens (including phenoxy) is 1. The summed E-state index contributed by atoms with van der Waals surface area (Å²) in [4.78, 5) is 20.4. The lowest BCUT2D eigenvalue weighted by atomic mass is 9.72. The molecule has 0 spiro atoms. The zero-order chi connectivity index (χ0) is 20.9. The van der Waals surface area contributed by atoms with Gasteiger partial charge in [0.2, 0.25) is 5.82 Å². The zero-order valence-electron chi connectivity index (χ0n) is 17.6. The molecule has 0 saturated heterocycles. The van der Waals surface area contributed by atoms with Gasteiger partial charge in [0.25, 0.3) is 0 Å². The number of benzene rings is 1. The van der Waals surface area contributed by atoms with E-state index in [1.54, 1.807) is 36.7 Å². The van der Waals surface area contributed by atoms with Crippen molar-refractivity contribution >= 4 is 12.0 Å². The lowest BCUT2D eigenvalue weighted by Gasteiger charge is -2.32. The number of rotatable bonds is 5. The maximum absolute atomic E-state index is 12.1. The highest BCUT2D eigenvalue weighted by molar-refractivity contribution is 5.87. The van der Waals surface area contributed by atoms with Crippen molar-refractivity contribution in [1.82, 2.24) is 9.97 Å². The van der Waals surface area contributed by atoms with Crippen LogP contribution in [0.15, 0.2) is 71.6 Å². The first-order valence-corrected chi connectivity index (χ1v) is 10.0. The van der Waals surface area contributed by atoms with E-state index in [-0.39, 0.29) is 11.2 Å². The molecule has 0 fully saturated rings. The predicted octanol–water partition coefficient (Wildman–Crippen LogP) is 6.18. The van der Waals surface area contributed by atoms with Crippen molar-refractivity contribution in [2.24, 2.45) is 5.41 Å². The Balaban J connectivity index is 1.68. The van der Waals surface area contributed by atoms with Crippen molar-refractivity contribution in [2.45, 2.75) is 47.0 Å². The number of hydrogen-bond donors (Lipinski definition) is 0. The van der Waals surface area contributed by atoms with Crippen LogP contribution in [0, 0.1) is 5.41 Å². The lowest BCUT2D eigenvalue weighted by Crippen LogP contribution is -2.19. The van der Waals surface area contributed by atoms with Gasteiger partial charge in [0, 0.05) is 18.0 Å². The van der Waals surface area contributed by atoms with Crippen molar-refractivity contribution in [2.75, 3.05) is 0 Å². The van der Waals surface area contributed by atoms with Crippen molar-refractivity contribution < 1.29 is 9.53 Å². The first kappa shape index (κ1) is 20.7. The van der Waals surface area contributed by atoms with Crippen LogP contribution >= 0.6 is 0 Å². The average Bonchev–Trinajstić information content (AvgIpc) is 2.68. The van der Waals surface area contributed by atoms with Gasteiger partial charge < -0.3 is 4.74 Å². The molecule has 1 aliphatic rings. The lowest BCUT2D eigenvalue weighted by molar-refractivity contribution is 0.0722. The monoisotopic (exact) mass is 388 g/mol. The molecule has 150 valence electrons. The third-order valence-electron chi connectivity index (χ3n) is 5.26. The van der Waals surface area contributed by atoms with Gasteiger partial charge in [-0.3, -0.25) is 0 Å². The van der Waals surface area contributed by atoms with E-state index in [1.165, 1.54) is 30.4 Å². The Bertz CT molecular complexity index is 952. The maximum Gasteiger partial charge on any atom is 0.381 e. The number of esters is 1. The van der Waals surface area contributed by atoms with E-state index in [4.69, 9.17) is 4.74 Å². The molecule has 0 aliphatic heterocycles. The standard InChI is InChI=1S/C25H28N2O2/c1-18(12-13-22-19(2)9-8-14-25(22,3)4)15-20-16-26-23(27-17-20)24(28)29-21-10-6-5-7-11-21/h5-7,10-13,15-17H,8-9,14H2,1-4H3. The summed E-state index contributed by atoms with van der Waals surface area (Å²) in [6, 6.07) is 8.91. The molecule has 0 saturated carbocycles. The Hall–Kier alpha value is -3.01. The number of carbonyl (C=O) groups excluding carboxylic acids is 1. The van der Waals surface area contributed by atoms with Crippen LogP contribution in [-0.4, -0.2) is 15.9 Å². The van der Waals surface area contributed by atoms with Crippen LogP contribution in [-0.2, 0) is 0 Å². The third-order valence-corrected chi connectivity index (χ3v) is 5.26. The number of para-hydroxylation sites is 1. The van der Waals surface area contributed by atoms with Crippen LogP contribution in [0.25, 0.3) is 6.08 Å². The highest BCUT2D eigenvalue weighted by atomic mass is 16.5. The van der Waals surface area contributed by atoms with Crippen molar-refractivity contribution in [3.05, 3.63) is 83.0 Å². The summed E-state index contributed by atoms with van der Waals surface area (Å²) in [5, 5.41) is 0. The quantitative estimate of drug-likeness (QED) is 0.348. The van der Waals surface area contributed by atoms with E-state index in [0.29, 0.717) is 5.75 Å². The summed E-state index contributed by atoms with van der Waals surface area (Å²) < 4.78 is 5.26. The Morgan fingerprint density at radius 2 is 1.83 bits per heavy atom. The molecule has 0 radical (unpaired) electrons. The Morgan fingerprint density at radius 1 is 1.14 bits per heavy atom. The molecule has 0 unspecified atom stereocenters. The second-order valence-corrected chi connectivity index (χ2v) is 8.20. The number of allylic oxidation sites excluding steroid dienone is 5. The first-order valence-electron chi connectivity index (χ1n) is 10.0. The number of nitrogens with zero attached hydrogens (tertiary/aromatic N) is 2. The third kappa shape index (κ3) is 5.50. The van der Waals surface area contributed by atoms with Crippen LogP contribution < -0.4 is 4.74 Å². The second-order valence-electron chi connectivity index (χ2n) is 8.20.